The number of carboxylic acids is 1. The molecular weight excluding hydrogens is 276 g/mol. The fraction of sp³-hybridized carbons (Fsp3) is 0.833. The maximum atomic E-state index is 12.0. The van der Waals surface area contributed by atoms with E-state index in [1.165, 1.54) is 0 Å². The number of halogens is 2. The fourth-order valence-electron chi connectivity index (χ4n) is 2.01. The molecule has 0 bridgehead atoms. The molecule has 1 aliphatic heterocycles. The van der Waals surface area contributed by atoms with E-state index in [4.69, 9.17) is 9.84 Å². The number of ether oxygens (including phenoxy) is 2. The van der Waals surface area contributed by atoms with Crippen molar-refractivity contribution in [2.24, 2.45) is 5.92 Å². The Balaban J connectivity index is 2.67. The molecular formula is C12H19F2NO5. The number of hydrogen-bond donors (Lipinski definition) is 1. The van der Waals surface area contributed by atoms with E-state index in [-0.39, 0.29) is 19.6 Å². The molecule has 0 saturated carbocycles. The molecule has 1 unspecified atom stereocenters. The van der Waals surface area contributed by atoms with E-state index in [2.05, 4.69) is 4.74 Å². The molecule has 8 heteroatoms. The van der Waals surface area contributed by atoms with E-state index < -0.39 is 36.2 Å². The van der Waals surface area contributed by atoms with Crippen LogP contribution in [-0.2, 0) is 14.3 Å². The number of aliphatic carboxylic acids is 1. The molecule has 1 rings (SSSR count). The molecule has 1 fully saturated rings. The van der Waals surface area contributed by atoms with Crippen molar-refractivity contribution in [1.82, 2.24) is 4.90 Å². The summed E-state index contributed by atoms with van der Waals surface area (Å²) in [7, 11) is 0. The van der Waals surface area contributed by atoms with Gasteiger partial charge in [0.15, 0.2) is 0 Å². The van der Waals surface area contributed by atoms with Crippen LogP contribution < -0.4 is 0 Å². The Morgan fingerprint density at radius 2 is 2.00 bits per heavy atom. The molecule has 0 aromatic heterocycles. The molecule has 0 spiro atoms. The molecule has 0 aromatic carbocycles. The Morgan fingerprint density at radius 3 is 2.45 bits per heavy atom. The van der Waals surface area contributed by atoms with Gasteiger partial charge in [0.2, 0.25) is 0 Å². The van der Waals surface area contributed by atoms with Crippen molar-refractivity contribution in [2.45, 2.75) is 45.4 Å². The van der Waals surface area contributed by atoms with Crippen molar-refractivity contribution in [2.75, 3.05) is 13.2 Å². The van der Waals surface area contributed by atoms with Crippen molar-refractivity contribution in [3.8, 4) is 0 Å². The Morgan fingerprint density at radius 1 is 1.40 bits per heavy atom. The zero-order valence-electron chi connectivity index (χ0n) is 11.6. The predicted octanol–water partition coefficient (Wildman–Crippen LogP) is 1.94. The highest BCUT2D eigenvalue weighted by Crippen LogP contribution is 2.26. The minimum atomic E-state index is -2.91. The van der Waals surface area contributed by atoms with Crippen LogP contribution in [0.5, 0.6) is 0 Å². The summed E-state index contributed by atoms with van der Waals surface area (Å²) in [4.78, 5) is 24.1. The zero-order chi connectivity index (χ0) is 15.5. The average molecular weight is 295 g/mol. The van der Waals surface area contributed by atoms with E-state index in [0.29, 0.717) is 0 Å². The number of amides is 1. The maximum Gasteiger partial charge on any atom is 0.411 e. The topological polar surface area (TPSA) is 76.1 Å². The third-order valence-electron chi connectivity index (χ3n) is 2.76. The standard InChI is InChI=1S/C12H19F2NO5/c1-12(2,3)20-11(18)15-5-7(6-19-10(13)14)4-8(15)9(16)17/h7-8,10H,4-6H2,1-3H3,(H,16,17)/t7-,8?/m0/s1. The van der Waals surface area contributed by atoms with Crippen LogP contribution in [0.15, 0.2) is 0 Å². The third kappa shape index (κ3) is 4.92. The van der Waals surface area contributed by atoms with Gasteiger partial charge in [-0.05, 0) is 27.2 Å². The molecule has 116 valence electrons. The predicted molar refractivity (Wildman–Crippen MR) is 64.4 cm³/mol. The van der Waals surface area contributed by atoms with Gasteiger partial charge in [-0.2, -0.15) is 8.78 Å². The van der Waals surface area contributed by atoms with Gasteiger partial charge in [0.25, 0.3) is 0 Å². The number of carboxylic acid groups (broad SMARTS) is 1. The van der Waals surface area contributed by atoms with Gasteiger partial charge < -0.3 is 14.6 Å². The van der Waals surface area contributed by atoms with E-state index >= 15 is 0 Å². The normalized spacial score (nSPS) is 23.2. The molecule has 6 nitrogen and oxygen atoms in total. The van der Waals surface area contributed by atoms with E-state index in [9.17, 15) is 18.4 Å². The van der Waals surface area contributed by atoms with Crippen LogP contribution in [0.3, 0.4) is 0 Å². The lowest BCUT2D eigenvalue weighted by atomic mass is 10.1. The summed E-state index contributed by atoms with van der Waals surface area (Å²) in [5, 5.41) is 9.09. The van der Waals surface area contributed by atoms with Crippen molar-refractivity contribution >= 4 is 12.1 Å². The summed E-state index contributed by atoms with van der Waals surface area (Å²) in [6, 6.07) is -1.07. The maximum absolute atomic E-state index is 12.0. The summed E-state index contributed by atoms with van der Waals surface area (Å²) in [5.74, 6) is -1.63. The lowest BCUT2D eigenvalue weighted by Crippen LogP contribution is -2.43. The number of carbonyl (C=O) groups excluding carboxylic acids is 1. The van der Waals surface area contributed by atoms with E-state index in [1.54, 1.807) is 20.8 Å². The fourth-order valence-corrected chi connectivity index (χ4v) is 2.01. The van der Waals surface area contributed by atoms with Gasteiger partial charge in [-0.25, -0.2) is 9.59 Å². The summed E-state index contributed by atoms with van der Waals surface area (Å²) in [5.41, 5.74) is -0.752. The number of nitrogens with zero attached hydrogens (tertiary/aromatic N) is 1. The Labute approximate surface area is 115 Å². The van der Waals surface area contributed by atoms with Crippen molar-refractivity contribution in [1.29, 1.82) is 0 Å². The van der Waals surface area contributed by atoms with Crippen LogP contribution in [0.1, 0.15) is 27.2 Å². The van der Waals surface area contributed by atoms with Gasteiger partial charge >= 0.3 is 18.7 Å². The Bertz CT molecular complexity index is 369. The minimum absolute atomic E-state index is 0.0264. The molecule has 2 atom stereocenters. The van der Waals surface area contributed by atoms with Gasteiger partial charge in [0, 0.05) is 12.5 Å². The number of hydrogen-bond acceptors (Lipinski definition) is 4. The van der Waals surface area contributed by atoms with Gasteiger partial charge in [-0.3, -0.25) is 4.90 Å². The van der Waals surface area contributed by atoms with Gasteiger partial charge in [-0.1, -0.05) is 0 Å². The van der Waals surface area contributed by atoms with Gasteiger partial charge in [0.05, 0.1) is 6.61 Å². The van der Waals surface area contributed by atoms with Gasteiger partial charge in [0.1, 0.15) is 11.6 Å². The van der Waals surface area contributed by atoms with Crippen molar-refractivity contribution in [3.63, 3.8) is 0 Å². The monoisotopic (exact) mass is 295 g/mol. The number of rotatable bonds is 4. The SMILES string of the molecule is CC(C)(C)OC(=O)N1C[C@@H](COC(F)F)CC1C(=O)O. The summed E-state index contributed by atoms with van der Waals surface area (Å²) in [6.45, 7) is 1.81. The number of carbonyl (C=O) groups is 2. The van der Waals surface area contributed by atoms with Crippen LogP contribution in [0.4, 0.5) is 13.6 Å². The highest BCUT2D eigenvalue weighted by molar-refractivity contribution is 5.81. The second-order valence-electron chi connectivity index (χ2n) is 5.68. The minimum Gasteiger partial charge on any atom is -0.480 e. The molecule has 1 saturated heterocycles. The van der Waals surface area contributed by atoms with Crippen molar-refractivity contribution in [3.05, 3.63) is 0 Å². The van der Waals surface area contributed by atoms with Crippen LogP contribution in [0, 0.1) is 5.92 Å². The molecule has 1 aliphatic rings. The second-order valence-corrected chi connectivity index (χ2v) is 5.68. The van der Waals surface area contributed by atoms with Crippen LogP contribution in [0.25, 0.3) is 0 Å². The largest absolute Gasteiger partial charge is 0.480 e. The van der Waals surface area contributed by atoms with Gasteiger partial charge in [-0.15, -0.1) is 0 Å². The average Bonchev–Trinajstić information content (AvgIpc) is 2.68. The quantitative estimate of drug-likeness (QED) is 0.857. The van der Waals surface area contributed by atoms with Crippen LogP contribution >= 0.6 is 0 Å². The van der Waals surface area contributed by atoms with Crippen LogP contribution in [0.2, 0.25) is 0 Å². The second kappa shape index (κ2) is 6.34. The summed E-state index contributed by atoms with van der Waals surface area (Å²) >= 11 is 0. The molecule has 0 aliphatic carbocycles. The molecule has 20 heavy (non-hydrogen) atoms. The first kappa shape index (κ1) is 16.6. The van der Waals surface area contributed by atoms with Crippen molar-refractivity contribution < 1.29 is 33.0 Å². The lowest BCUT2D eigenvalue weighted by Gasteiger charge is -2.26. The van der Waals surface area contributed by atoms with Crippen LogP contribution in [-0.4, -0.2) is 53.5 Å². The first-order chi connectivity index (χ1) is 9.10. The number of likely N-dealkylation sites (tertiary alicyclic amines) is 1. The molecule has 1 N–H and O–H groups in total. The first-order valence-corrected chi connectivity index (χ1v) is 6.22. The third-order valence-corrected chi connectivity index (χ3v) is 2.76. The highest BCUT2D eigenvalue weighted by Gasteiger charge is 2.41. The molecule has 1 heterocycles. The highest BCUT2D eigenvalue weighted by atomic mass is 19.3. The summed E-state index contributed by atoms with van der Waals surface area (Å²) < 4.78 is 33.2. The molecule has 0 aromatic rings. The first-order valence-electron chi connectivity index (χ1n) is 6.22. The smallest absolute Gasteiger partial charge is 0.411 e. The molecule has 1 amide bonds. The Kier molecular flexibility index (Phi) is 5.27. The Hall–Kier alpha value is -1.44. The lowest BCUT2D eigenvalue weighted by molar-refractivity contribution is -0.142. The summed E-state index contributed by atoms with van der Waals surface area (Å²) in [6.07, 6.45) is -0.689. The molecule has 0 radical (unpaired) electrons. The zero-order valence-corrected chi connectivity index (χ0v) is 11.6. The number of alkyl halides is 2. The van der Waals surface area contributed by atoms with E-state index in [1.807, 2.05) is 0 Å². The van der Waals surface area contributed by atoms with E-state index in [0.717, 1.165) is 4.90 Å².